The zero-order chi connectivity index (χ0) is 25.2. The Balaban J connectivity index is 1.61. The van der Waals surface area contributed by atoms with Crippen LogP contribution in [0.2, 0.25) is 10.0 Å². The van der Waals surface area contributed by atoms with Crippen LogP contribution in [0.25, 0.3) is 17.1 Å². The summed E-state index contributed by atoms with van der Waals surface area (Å²) in [4.78, 5) is 12.6. The number of nitrogens with one attached hydrogen (secondary N) is 1. The molecular formula is C27H26Cl2N4OS. The summed E-state index contributed by atoms with van der Waals surface area (Å²) in [6.07, 6.45) is 0. The average Bonchev–Trinajstić information content (AvgIpc) is 3.23. The van der Waals surface area contributed by atoms with Crippen LogP contribution in [0.1, 0.15) is 31.9 Å². The molecule has 3 aromatic carbocycles. The summed E-state index contributed by atoms with van der Waals surface area (Å²) < 4.78 is 1.98. The number of aromatic nitrogens is 3. The Bertz CT molecular complexity index is 1340. The highest BCUT2D eigenvalue weighted by molar-refractivity contribution is 7.99. The number of anilines is 1. The van der Waals surface area contributed by atoms with Crippen molar-refractivity contribution < 1.29 is 4.79 Å². The van der Waals surface area contributed by atoms with E-state index in [-0.39, 0.29) is 17.1 Å². The molecule has 1 amide bonds. The first-order chi connectivity index (χ1) is 16.6. The van der Waals surface area contributed by atoms with E-state index in [0.717, 1.165) is 22.6 Å². The number of carbonyl (C=O) groups is 1. The molecule has 0 unspecified atom stereocenters. The van der Waals surface area contributed by atoms with Gasteiger partial charge >= 0.3 is 0 Å². The second kappa shape index (κ2) is 10.4. The predicted octanol–water partition coefficient (Wildman–Crippen LogP) is 7.58. The lowest BCUT2D eigenvalue weighted by atomic mass is 9.87. The van der Waals surface area contributed by atoms with Crippen LogP contribution in [0.15, 0.2) is 71.9 Å². The van der Waals surface area contributed by atoms with Crippen LogP contribution in [0.5, 0.6) is 0 Å². The van der Waals surface area contributed by atoms with E-state index in [2.05, 4.69) is 60.6 Å². The number of benzene rings is 3. The number of nitrogens with zero attached hydrogens (tertiary/aromatic N) is 3. The van der Waals surface area contributed by atoms with Crippen LogP contribution in [0, 0.1) is 6.92 Å². The fraction of sp³-hybridized carbons (Fsp3) is 0.222. The van der Waals surface area contributed by atoms with Crippen molar-refractivity contribution in [3.05, 3.63) is 87.9 Å². The van der Waals surface area contributed by atoms with Gasteiger partial charge in [0.2, 0.25) is 5.91 Å². The number of hydrogen-bond acceptors (Lipinski definition) is 4. The van der Waals surface area contributed by atoms with Gasteiger partial charge in [-0.1, -0.05) is 97.7 Å². The Hall–Kier alpha value is -2.80. The molecule has 4 aromatic rings. The molecule has 1 heterocycles. The van der Waals surface area contributed by atoms with E-state index in [1.165, 1.54) is 17.3 Å². The molecule has 35 heavy (non-hydrogen) atoms. The first-order valence-corrected chi connectivity index (χ1v) is 12.9. The minimum absolute atomic E-state index is 0.0600. The third-order valence-corrected chi connectivity index (χ3v) is 6.95. The maximum Gasteiger partial charge on any atom is 0.234 e. The van der Waals surface area contributed by atoms with Gasteiger partial charge in [-0.05, 0) is 48.2 Å². The Labute approximate surface area is 219 Å². The molecule has 0 aliphatic rings. The first kappa shape index (κ1) is 25.3. The summed E-state index contributed by atoms with van der Waals surface area (Å²) in [5.41, 5.74) is 4.86. The van der Waals surface area contributed by atoms with Crippen LogP contribution in [-0.2, 0) is 10.2 Å². The van der Waals surface area contributed by atoms with Crippen LogP contribution < -0.4 is 5.32 Å². The summed E-state index contributed by atoms with van der Waals surface area (Å²) in [6, 6.07) is 21.5. The van der Waals surface area contributed by atoms with Crippen molar-refractivity contribution >= 4 is 46.6 Å². The largest absolute Gasteiger partial charge is 0.324 e. The normalized spacial score (nSPS) is 11.5. The lowest BCUT2D eigenvalue weighted by Crippen LogP contribution is -2.15. The van der Waals surface area contributed by atoms with Crippen LogP contribution in [0.3, 0.4) is 0 Å². The maximum atomic E-state index is 12.6. The summed E-state index contributed by atoms with van der Waals surface area (Å²) >= 11 is 13.4. The van der Waals surface area contributed by atoms with E-state index in [0.29, 0.717) is 20.9 Å². The minimum Gasteiger partial charge on any atom is -0.324 e. The molecule has 0 atom stereocenters. The molecule has 0 radical (unpaired) electrons. The molecule has 8 heteroatoms. The lowest BCUT2D eigenvalue weighted by molar-refractivity contribution is -0.113. The molecule has 4 rings (SSSR count). The standard InChI is InChI=1S/C27H26Cl2N4OS/c1-17-5-12-21(13-6-17)33-25(18-7-9-19(10-8-18)27(2,3)4)31-32-26(33)35-16-24(34)30-23-14-11-20(28)15-22(23)29/h5-15H,16H2,1-4H3,(H,30,34). The highest BCUT2D eigenvalue weighted by atomic mass is 35.5. The number of rotatable bonds is 6. The fourth-order valence-corrected chi connectivity index (χ4v) is 4.71. The van der Waals surface area contributed by atoms with E-state index in [4.69, 9.17) is 23.2 Å². The quantitative estimate of drug-likeness (QED) is 0.264. The van der Waals surface area contributed by atoms with Gasteiger partial charge in [0.05, 0.1) is 16.5 Å². The number of carbonyl (C=O) groups excluding carboxylic acids is 1. The molecule has 0 aliphatic heterocycles. The predicted molar refractivity (Wildman–Crippen MR) is 146 cm³/mol. The maximum absolute atomic E-state index is 12.6. The molecule has 0 aliphatic carbocycles. The van der Waals surface area contributed by atoms with E-state index in [9.17, 15) is 4.79 Å². The average molecular weight is 526 g/mol. The Morgan fingerprint density at radius 1 is 0.971 bits per heavy atom. The van der Waals surface area contributed by atoms with Crippen LogP contribution in [0.4, 0.5) is 5.69 Å². The van der Waals surface area contributed by atoms with Gasteiger partial charge in [-0.2, -0.15) is 0 Å². The SMILES string of the molecule is Cc1ccc(-n2c(SCC(=O)Nc3ccc(Cl)cc3Cl)nnc2-c2ccc(C(C)(C)C)cc2)cc1. The van der Waals surface area contributed by atoms with Gasteiger partial charge in [0.1, 0.15) is 0 Å². The molecule has 5 nitrogen and oxygen atoms in total. The molecule has 0 bridgehead atoms. The summed E-state index contributed by atoms with van der Waals surface area (Å²) in [7, 11) is 0. The number of thioether (sulfide) groups is 1. The zero-order valence-corrected chi connectivity index (χ0v) is 22.3. The smallest absolute Gasteiger partial charge is 0.234 e. The van der Waals surface area contributed by atoms with E-state index >= 15 is 0 Å². The second-order valence-electron chi connectivity index (χ2n) is 9.27. The summed E-state index contributed by atoms with van der Waals surface area (Å²) in [5.74, 6) is 0.665. The van der Waals surface area contributed by atoms with Crippen molar-refractivity contribution in [2.75, 3.05) is 11.1 Å². The number of aryl methyl sites for hydroxylation is 1. The number of amides is 1. The Morgan fingerprint density at radius 2 is 1.66 bits per heavy atom. The molecule has 1 N–H and O–H groups in total. The number of halogens is 2. The first-order valence-electron chi connectivity index (χ1n) is 11.1. The third-order valence-electron chi connectivity index (χ3n) is 5.47. The molecule has 0 saturated carbocycles. The van der Waals surface area contributed by atoms with E-state index in [1.54, 1.807) is 18.2 Å². The second-order valence-corrected chi connectivity index (χ2v) is 11.1. The topological polar surface area (TPSA) is 59.8 Å². The molecule has 0 spiro atoms. The van der Waals surface area contributed by atoms with Crippen molar-refractivity contribution in [3.63, 3.8) is 0 Å². The van der Waals surface area contributed by atoms with Gasteiger partial charge in [0.15, 0.2) is 11.0 Å². The molecule has 0 fully saturated rings. The van der Waals surface area contributed by atoms with Crippen molar-refractivity contribution in [1.29, 1.82) is 0 Å². The Kier molecular flexibility index (Phi) is 7.55. The Morgan fingerprint density at radius 3 is 2.29 bits per heavy atom. The molecule has 0 saturated heterocycles. The fourth-order valence-electron chi connectivity index (χ4n) is 3.50. The molecule has 1 aromatic heterocycles. The molecule has 180 valence electrons. The van der Waals surface area contributed by atoms with Crippen LogP contribution in [-0.4, -0.2) is 26.4 Å². The summed E-state index contributed by atoms with van der Waals surface area (Å²) in [6.45, 7) is 8.61. The van der Waals surface area contributed by atoms with Crippen molar-refractivity contribution in [3.8, 4) is 17.1 Å². The van der Waals surface area contributed by atoms with Gasteiger partial charge in [0, 0.05) is 16.3 Å². The third kappa shape index (κ3) is 6.07. The minimum atomic E-state index is -0.200. The van der Waals surface area contributed by atoms with Gasteiger partial charge < -0.3 is 5.32 Å². The van der Waals surface area contributed by atoms with E-state index < -0.39 is 0 Å². The van der Waals surface area contributed by atoms with Gasteiger partial charge in [-0.15, -0.1) is 10.2 Å². The van der Waals surface area contributed by atoms with Crippen molar-refractivity contribution in [2.45, 2.75) is 38.3 Å². The highest BCUT2D eigenvalue weighted by Crippen LogP contribution is 2.31. The summed E-state index contributed by atoms with van der Waals surface area (Å²) in [5, 5.41) is 13.3. The van der Waals surface area contributed by atoms with Gasteiger partial charge in [0.25, 0.3) is 0 Å². The highest BCUT2D eigenvalue weighted by Gasteiger charge is 2.19. The van der Waals surface area contributed by atoms with Crippen molar-refractivity contribution in [2.24, 2.45) is 0 Å². The lowest BCUT2D eigenvalue weighted by Gasteiger charge is -2.19. The zero-order valence-electron chi connectivity index (χ0n) is 20.0. The van der Waals surface area contributed by atoms with Crippen molar-refractivity contribution in [1.82, 2.24) is 14.8 Å². The number of hydrogen-bond donors (Lipinski definition) is 1. The molecular weight excluding hydrogens is 499 g/mol. The van der Waals surface area contributed by atoms with Crippen LogP contribution >= 0.6 is 35.0 Å². The monoisotopic (exact) mass is 524 g/mol. The van der Waals surface area contributed by atoms with E-state index in [1.807, 2.05) is 35.8 Å². The van der Waals surface area contributed by atoms with Gasteiger partial charge in [-0.25, -0.2) is 0 Å². The van der Waals surface area contributed by atoms with Gasteiger partial charge in [-0.3, -0.25) is 9.36 Å².